The molecule has 2 aliphatic rings. The van der Waals surface area contributed by atoms with Crippen LogP contribution in [-0.2, 0) is 4.79 Å². The molecule has 0 spiro atoms. The molecule has 6 rings (SSSR count). The van der Waals surface area contributed by atoms with Crippen LogP contribution in [0.2, 0.25) is 0 Å². The zero-order valence-electron chi connectivity index (χ0n) is 21.4. The molecule has 4 aromatic rings. The molecule has 0 saturated heterocycles. The second-order valence-corrected chi connectivity index (χ2v) is 10.6. The quantitative estimate of drug-likeness (QED) is 0.259. The van der Waals surface area contributed by atoms with Crippen molar-refractivity contribution in [1.29, 1.82) is 0 Å². The van der Waals surface area contributed by atoms with Crippen molar-refractivity contribution in [3.63, 3.8) is 0 Å². The number of aromatic nitrogens is 2. The van der Waals surface area contributed by atoms with Crippen LogP contribution in [-0.4, -0.2) is 39.9 Å². The lowest BCUT2D eigenvalue weighted by Gasteiger charge is -2.30. The first-order chi connectivity index (χ1) is 19.5. The number of carbonyl (C=O) groups is 3. The summed E-state index contributed by atoms with van der Waals surface area (Å²) in [6.07, 6.45) is 7.63. The Balaban J connectivity index is 1.24. The van der Waals surface area contributed by atoms with Crippen molar-refractivity contribution >= 4 is 56.5 Å². The van der Waals surface area contributed by atoms with Gasteiger partial charge in [0.1, 0.15) is 15.5 Å². The molecule has 1 aromatic carbocycles. The predicted molar refractivity (Wildman–Crippen MR) is 153 cm³/mol. The van der Waals surface area contributed by atoms with Crippen LogP contribution in [0.15, 0.2) is 73.6 Å². The zero-order valence-corrected chi connectivity index (χ0v) is 22.2. The molecule has 0 unspecified atom stereocenters. The number of thiophene rings is 1. The van der Waals surface area contributed by atoms with Gasteiger partial charge in [-0.15, -0.1) is 11.3 Å². The van der Waals surface area contributed by atoms with E-state index < -0.39 is 6.03 Å². The first kappa shape index (κ1) is 25.5. The van der Waals surface area contributed by atoms with Crippen molar-refractivity contribution in [1.82, 2.24) is 20.6 Å². The zero-order chi connectivity index (χ0) is 27.6. The smallest absolute Gasteiger partial charge is 0.331 e. The van der Waals surface area contributed by atoms with Gasteiger partial charge in [0.2, 0.25) is 11.8 Å². The molecule has 1 saturated carbocycles. The van der Waals surface area contributed by atoms with Crippen LogP contribution in [0.4, 0.5) is 21.9 Å². The van der Waals surface area contributed by atoms with Gasteiger partial charge < -0.3 is 20.7 Å². The first-order valence-electron chi connectivity index (χ1n) is 13.0. The second kappa shape index (κ2) is 10.8. The number of ether oxygens (including phenoxy) is 1. The highest BCUT2D eigenvalue weighted by atomic mass is 32.1. The molecular formula is C29H26N6O4S. The maximum atomic E-state index is 13.4. The molecule has 2 atom stereocenters. The standard InChI is InChI=1S/C29H26N6O4S/c1-2-22(36)32-17-7-6-8-18(15-17)33-27(37)26-25-24-21(13-14-30-28(24)40-26)35(29(38)34-25)19-11-12-23(31-16-19)39-20-9-4-3-5-10-20/h2-5,9-14,16-18H,1,6-8,15H2,(H,32,36)(H,33,37)(H,34,38)/t17-,18-/m0/s1. The van der Waals surface area contributed by atoms with E-state index in [1.54, 1.807) is 30.6 Å². The fourth-order valence-corrected chi connectivity index (χ4v) is 6.16. The van der Waals surface area contributed by atoms with Crippen LogP contribution in [0.5, 0.6) is 11.6 Å². The highest BCUT2D eigenvalue weighted by Crippen LogP contribution is 2.45. The molecule has 1 fully saturated rings. The Kier molecular flexibility index (Phi) is 6.87. The summed E-state index contributed by atoms with van der Waals surface area (Å²) in [4.78, 5) is 49.9. The summed E-state index contributed by atoms with van der Waals surface area (Å²) in [5, 5.41) is 9.62. The van der Waals surface area contributed by atoms with Crippen molar-refractivity contribution < 1.29 is 19.1 Å². The van der Waals surface area contributed by atoms with E-state index in [0.29, 0.717) is 50.2 Å². The number of benzene rings is 1. The summed E-state index contributed by atoms with van der Waals surface area (Å²) >= 11 is 1.23. The van der Waals surface area contributed by atoms with E-state index in [1.807, 2.05) is 30.3 Å². The molecule has 3 N–H and O–H groups in total. The Morgan fingerprint density at radius 3 is 2.62 bits per heavy atom. The van der Waals surface area contributed by atoms with Crippen LogP contribution < -0.4 is 25.6 Å². The monoisotopic (exact) mass is 554 g/mol. The number of anilines is 3. The molecule has 4 amide bonds. The van der Waals surface area contributed by atoms with Gasteiger partial charge in [0.25, 0.3) is 5.91 Å². The number of urea groups is 1. The van der Waals surface area contributed by atoms with Crippen LogP contribution in [0, 0.1) is 0 Å². The average Bonchev–Trinajstić information content (AvgIpc) is 3.34. The van der Waals surface area contributed by atoms with Crippen molar-refractivity contribution in [2.75, 3.05) is 10.2 Å². The lowest BCUT2D eigenvalue weighted by Crippen LogP contribution is -2.45. The third-order valence-corrected chi connectivity index (χ3v) is 8.03. The average molecular weight is 555 g/mol. The van der Waals surface area contributed by atoms with Gasteiger partial charge in [-0.3, -0.25) is 14.5 Å². The third-order valence-electron chi connectivity index (χ3n) is 6.94. The summed E-state index contributed by atoms with van der Waals surface area (Å²) in [7, 11) is 0. The first-order valence-corrected chi connectivity index (χ1v) is 13.8. The van der Waals surface area contributed by atoms with Crippen LogP contribution in [0.3, 0.4) is 0 Å². The second-order valence-electron chi connectivity index (χ2n) is 9.60. The molecule has 1 aliphatic carbocycles. The summed E-state index contributed by atoms with van der Waals surface area (Å²) < 4.78 is 5.78. The number of rotatable bonds is 7. The molecule has 4 heterocycles. The summed E-state index contributed by atoms with van der Waals surface area (Å²) in [6.45, 7) is 3.50. The molecule has 1 aliphatic heterocycles. The molecule has 0 bridgehead atoms. The van der Waals surface area contributed by atoms with Crippen molar-refractivity contribution in [2.45, 2.75) is 37.8 Å². The van der Waals surface area contributed by atoms with Crippen molar-refractivity contribution in [2.24, 2.45) is 0 Å². The van der Waals surface area contributed by atoms with Gasteiger partial charge in [-0.05, 0) is 56.0 Å². The largest absolute Gasteiger partial charge is 0.439 e. The van der Waals surface area contributed by atoms with E-state index >= 15 is 0 Å². The van der Waals surface area contributed by atoms with Gasteiger partial charge in [-0.25, -0.2) is 14.8 Å². The van der Waals surface area contributed by atoms with Gasteiger partial charge in [0, 0.05) is 24.3 Å². The minimum Gasteiger partial charge on any atom is -0.439 e. The number of hydrogen-bond donors (Lipinski definition) is 3. The van der Waals surface area contributed by atoms with Gasteiger partial charge in [0.15, 0.2) is 0 Å². The van der Waals surface area contributed by atoms with E-state index in [2.05, 4.69) is 32.5 Å². The van der Waals surface area contributed by atoms with E-state index in [4.69, 9.17) is 4.74 Å². The maximum Gasteiger partial charge on any atom is 0.331 e. The topological polar surface area (TPSA) is 126 Å². The third kappa shape index (κ3) is 4.98. The fraction of sp³-hybridized carbons (Fsp3) is 0.207. The van der Waals surface area contributed by atoms with E-state index in [9.17, 15) is 14.4 Å². The fourth-order valence-electron chi connectivity index (χ4n) is 5.14. The maximum absolute atomic E-state index is 13.4. The van der Waals surface area contributed by atoms with Gasteiger partial charge in [-0.1, -0.05) is 24.8 Å². The van der Waals surface area contributed by atoms with Crippen molar-refractivity contribution in [3.05, 3.63) is 78.5 Å². The Morgan fingerprint density at radius 1 is 1.07 bits per heavy atom. The van der Waals surface area contributed by atoms with Gasteiger partial charge >= 0.3 is 6.03 Å². The minimum atomic E-state index is -0.407. The lowest BCUT2D eigenvalue weighted by atomic mass is 9.91. The van der Waals surface area contributed by atoms with E-state index in [1.165, 1.54) is 22.3 Å². The molecule has 0 radical (unpaired) electrons. The SMILES string of the molecule is C=CC(=O)N[C@H]1CCC[C@H](NC(=O)c2sc3nccc4c3c2NC(=O)N4c2ccc(Oc3ccccc3)nc2)C1. The number of nitrogens with zero attached hydrogens (tertiary/aromatic N) is 3. The Hall–Kier alpha value is -4.77. The summed E-state index contributed by atoms with van der Waals surface area (Å²) in [5.74, 6) is 0.567. The highest BCUT2D eigenvalue weighted by molar-refractivity contribution is 7.21. The van der Waals surface area contributed by atoms with E-state index in [-0.39, 0.29) is 23.9 Å². The number of carbonyl (C=O) groups excluding carboxylic acids is 3. The number of pyridine rings is 2. The Morgan fingerprint density at radius 2 is 1.88 bits per heavy atom. The van der Waals surface area contributed by atoms with Crippen LogP contribution in [0.25, 0.3) is 10.2 Å². The van der Waals surface area contributed by atoms with Gasteiger partial charge in [-0.2, -0.15) is 0 Å². The number of para-hydroxylation sites is 1. The molecule has 11 heteroatoms. The van der Waals surface area contributed by atoms with Crippen LogP contribution >= 0.6 is 11.3 Å². The van der Waals surface area contributed by atoms with Gasteiger partial charge in [0.05, 0.1) is 28.6 Å². The molecule has 202 valence electrons. The minimum absolute atomic E-state index is 0.0232. The highest BCUT2D eigenvalue weighted by Gasteiger charge is 2.34. The summed E-state index contributed by atoms with van der Waals surface area (Å²) in [6, 6.07) is 14.0. The summed E-state index contributed by atoms with van der Waals surface area (Å²) in [5.41, 5.74) is 1.61. The molecule has 10 nitrogen and oxygen atoms in total. The van der Waals surface area contributed by atoms with Crippen LogP contribution in [0.1, 0.15) is 35.4 Å². The Labute approximate surface area is 234 Å². The number of nitrogens with one attached hydrogen (secondary N) is 3. The molecule has 40 heavy (non-hydrogen) atoms. The lowest BCUT2D eigenvalue weighted by molar-refractivity contribution is -0.117. The predicted octanol–water partition coefficient (Wildman–Crippen LogP) is 5.51. The van der Waals surface area contributed by atoms with Crippen molar-refractivity contribution in [3.8, 4) is 11.6 Å². The molecular weight excluding hydrogens is 528 g/mol. The number of hydrogen-bond acceptors (Lipinski definition) is 7. The normalized spacial score (nSPS) is 18.1. The Bertz CT molecular complexity index is 1600. The number of amides is 4. The molecule has 3 aromatic heterocycles. The van der Waals surface area contributed by atoms with E-state index in [0.717, 1.165) is 19.3 Å².